The highest BCUT2D eigenvalue weighted by atomic mass is 35.5. The highest BCUT2D eigenvalue weighted by Crippen LogP contribution is 2.22. The maximum Gasteiger partial charge on any atom is 0.242 e. The molecule has 7 heteroatoms. The molecule has 0 radical (unpaired) electrons. The van der Waals surface area contributed by atoms with Gasteiger partial charge in [-0.1, -0.05) is 11.6 Å². The van der Waals surface area contributed by atoms with E-state index in [1.54, 1.807) is 0 Å². The zero-order valence-electron chi connectivity index (χ0n) is 10.8. The van der Waals surface area contributed by atoms with Crippen LogP contribution in [0.3, 0.4) is 0 Å². The number of sulfonamides is 1. The van der Waals surface area contributed by atoms with Crippen molar-refractivity contribution in [3.05, 3.63) is 28.8 Å². The molecule has 0 aromatic heterocycles. The third-order valence-electron chi connectivity index (χ3n) is 2.52. The van der Waals surface area contributed by atoms with Crippen LogP contribution in [0.15, 0.2) is 23.1 Å². The fourth-order valence-electron chi connectivity index (χ4n) is 1.38. The van der Waals surface area contributed by atoms with Crippen LogP contribution in [0.25, 0.3) is 0 Å². The van der Waals surface area contributed by atoms with Crippen molar-refractivity contribution in [2.75, 3.05) is 26.8 Å². The van der Waals surface area contributed by atoms with Crippen LogP contribution in [0, 0.1) is 11.3 Å². The zero-order valence-corrected chi connectivity index (χ0v) is 12.3. The summed E-state index contributed by atoms with van der Waals surface area (Å²) in [6.45, 7) is 2.97. The molecule has 1 rings (SSSR count). The van der Waals surface area contributed by atoms with Crippen LogP contribution in [0.1, 0.15) is 12.5 Å². The number of nitriles is 1. The second-order valence-electron chi connectivity index (χ2n) is 3.78. The lowest BCUT2D eigenvalue weighted by Gasteiger charge is -2.17. The lowest BCUT2D eigenvalue weighted by atomic mass is 10.2. The van der Waals surface area contributed by atoms with E-state index in [1.807, 2.05) is 13.0 Å². The molecule has 0 aliphatic heterocycles. The van der Waals surface area contributed by atoms with Gasteiger partial charge in [0.05, 0.1) is 22.1 Å². The van der Waals surface area contributed by atoms with Gasteiger partial charge in [0.1, 0.15) is 6.07 Å². The van der Waals surface area contributed by atoms with Gasteiger partial charge in [0, 0.05) is 20.2 Å². The second kappa shape index (κ2) is 6.87. The summed E-state index contributed by atoms with van der Waals surface area (Å²) in [5.41, 5.74) is 0.248. The fraction of sp³-hybridized carbons (Fsp3) is 0.417. The van der Waals surface area contributed by atoms with E-state index in [9.17, 15) is 8.42 Å². The molecule has 0 fully saturated rings. The first-order chi connectivity index (χ1) is 8.93. The monoisotopic (exact) mass is 302 g/mol. The van der Waals surface area contributed by atoms with Crippen molar-refractivity contribution >= 4 is 21.6 Å². The van der Waals surface area contributed by atoms with Gasteiger partial charge in [-0.2, -0.15) is 9.57 Å². The first kappa shape index (κ1) is 15.9. The number of ether oxygens (including phenoxy) is 1. The van der Waals surface area contributed by atoms with Gasteiger partial charge in [-0.15, -0.1) is 0 Å². The van der Waals surface area contributed by atoms with Crippen molar-refractivity contribution in [3.8, 4) is 6.07 Å². The lowest BCUT2D eigenvalue weighted by molar-refractivity contribution is 0.138. The molecule has 0 N–H and O–H groups in total. The lowest BCUT2D eigenvalue weighted by Crippen LogP contribution is -2.30. The van der Waals surface area contributed by atoms with Gasteiger partial charge in [-0.25, -0.2) is 8.42 Å². The predicted octanol–water partition coefficient (Wildman–Crippen LogP) is 1.87. The smallest absolute Gasteiger partial charge is 0.242 e. The molecule has 0 saturated carbocycles. The number of benzene rings is 1. The summed E-state index contributed by atoms with van der Waals surface area (Å²) in [6.07, 6.45) is 0. The summed E-state index contributed by atoms with van der Waals surface area (Å²) in [4.78, 5) is 0.0653. The number of hydrogen-bond acceptors (Lipinski definition) is 4. The van der Waals surface area contributed by atoms with Crippen LogP contribution >= 0.6 is 11.6 Å². The van der Waals surface area contributed by atoms with E-state index in [0.29, 0.717) is 13.2 Å². The third kappa shape index (κ3) is 3.91. The van der Waals surface area contributed by atoms with Crippen LogP contribution in [-0.2, 0) is 14.8 Å². The molecule has 0 bridgehead atoms. The van der Waals surface area contributed by atoms with Gasteiger partial charge in [0.25, 0.3) is 0 Å². The summed E-state index contributed by atoms with van der Waals surface area (Å²) in [6, 6.07) is 5.94. The summed E-state index contributed by atoms with van der Waals surface area (Å²) in [5.74, 6) is 0. The number of hydrogen-bond donors (Lipinski definition) is 0. The Morgan fingerprint density at radius 2 is 2.16 bits per heavy atom. The molecule has 104 valence electrons. The first-order valence-electron chi connectivity index (χ1n) is 5.67. The molecule has 0 aliphatic carbocycles. The van der Waals surface area contributed by atoms with Gasteiger partial charge < -0.3 is 4.74 Å². The van der Waals surface area contributed by atoms with Crippen LogP contribution in [0.2, 0.25) is 5.02 Å². The molecule has 0 atom stereocenters. The Morgan fingerprint density at radius 3 is 2.68 bits per heavy atom. The van der Waals surface area contributed by atoms with Crippen molar-refractivity contribution in [1.29, 1.82) is 5.26 Å². The van der Waals surface area contributed by atoms with Crippen molar-refractivity contribution in [2.24, 2.45) is 0 Å². The Morgan fingerprint density at radius 1 is 1.47 bits per heavy atom. The van der Waals surface area contributed by atoms with Crippen molar-refractivity contribution < 1.29 is 13.2 Å². The van der Waals surface area contributed by atoms with E-state index < -0.39 is 10.0 Å². The fourth-order valence-corrected chi connectivity index (χ4v) is 2.85. The molecule has 0 aliphatic rings. The molecule has 0 saturated heterocycles. The SMILES string of the molecule is CCOCCN(C)S(=O)(=O)c1ccc(C#N)c(Cl)c1. The van der Waals surface area contributed by atoms with Crippen LogP contribution in [-0.4, -0.2) is 39.5 Å². The minimum Gasteiger partial charge on any atom is -0.380 e. The number of halogens is 1. The van der Waals surface area contributed by atoms with E-state index >= 15 is 0 Å². The van der Waals surface area contributed by atoms with Gasteiger partial charge in [-0.3, -0.25) is 0 Å². The maximum atomic E-state index is 12.2. The van der Waals surface area contributed by atoms with E-state index in [-0.39, 0.29) is 22.0 Å². The van der Waals surface area contributed by atoms with Gasteiger partial charge in [-0.05, 0) is 25.1 Å². The summed E-state index contributed by atoms with van der Waals surface area (Å²) in [7, 11) is -2.13. The van der Waals surface area contributed by atoms with Crippen LogP contribution in [0.4, 0.5) is 0 Å². The quantitative estimate of drug-likeness (QED) is 0.752. The number of rotatable bonds is 6. The van der Waals surface area contributed by atoms with E-state index in [2.05, 4.69) is 0 Å². The average molecular weight is 303 g/mol. The molecule has 1 aromatic carbocycles. The van der Waals surface area contributed by atoms with E-state index in [1.165, 1.54) is 29.6 Å². The van der Waals surface area contributed by atoms with Crippen molar-refractivity contribution in [2.45, 2.75) is 11.8 Å². The third-order valence-corrected chi connectivity index (χ3v) is 4.69. The standard InChI is InChI=1S/C12H15ClN2O3S/c1-3-18-7-6-15(2)19(16,17)11-5-4-10(9-14)12(13)8-11/h4-5,8H,3,6-7H2,1-2H3. The van der Waals surface area contributed by atoms with Crippen LogP contribution in [0.5, 0.6) is 0 Å². The predicted molar refractivity (Wildman–Crippen MR) is 72.5 cm³/mol. The highest BCUT2D eigenvalue weighted by Gasteiger charge is 2.21. The highest BCUT2D eigenvalue weighted by molar-refractivity contribution is 7.89. The molecule has 0 heterocycles. The molecule has 19 heavy (non-hydrogen) atoms. The average Bonchev–Trinajstić information content (AvgIpc) is 2.38. The molecule has 1 aromatic rings. The summed E-state index contributed by atoms with van der Waals surface area (Å²) < 4.78 is 30.7. The van der Waals surface area contributed by atoms with E-state index in [0.717, 1.165) is 0 Å². The molecule has 0 unspecified atom stereocenters. The molecular weight excluding hydrogens is 288 g/mol. The Bertz CT molecular complexity index is 581. The summed E-state index contributed by atoms with van der Waals surface area (Å²) in [5, 5.41) is 8.88. The molecule has 5 nitrogen and oxygen atoms in total. The van der Waals surface area contributed by atoms with Crippen LogP contribution < -0.4 is 0 Å². The van der Waals surface area contributed by atoms with Gasteiger partial charge >= 0.3 is 0 Å². The minimum atomic E-state index is -3.61. The number of nitrogens with zero attached hydrogens (tertiary/aromatic N) is 2. The normalized spacial score (nSPS) is 11.5. The Balaban J connectivity index is 2.94. The Labute approximate surface area is 118 Å². The number of likely N-dealkylation sites (N-methyl/N-ethyl adjacent to an activating group) is 1. The summed E-state index contributed by atoms with van der Waals surface area (Å²) >= 11 is 5.84. The van der Waals surface area contributed by atoms with Crippen molar-refractivity contribution in [3.63, 3.8) is 0 Å². The van der Waals surface area contributed by atoms with E-state index in [4.69, 9.17) is 21.6 Å². The first-order valence-corrected chi connectivity index (χ1v) is 7.49. The van der Waals surface area contributed by atoms with Crippen molar-refractivity contribution in [1.82, 2.24) is 4.31 Å². The Kier molecular flexibility index (Phi) is 5.76. The minimum absolute atomic E-state index is 0.0653. The molecule has 0 amide bonds. The largest absolute Gasteiger partial charge is 0.380 e. The van der Waals surface area contributed by atoms with Gasteiger partial charge in [0.2, 0.25) is 10.0 Å². The topological polar surface area (TPSA) is 70.4 Å². The zero-order chi connectivity index (χ0) is 14.5. The van der Waals surface area contributed by atoms with Gasteiger partial charge in [0.15, 0.2) is 0 Å². The molecule has 0 spiro atoms. The second-order valence-corrected chi connectivity index (χ2v) is 6.23. The molecular formula is C12H15ClN2O3S. The Hall–Kier alpha value is -1.13. The maximum absolute atomic E-state index is 12.2.